The van der Waals surface area contributed by atoms with Gasteiger partial charge in [0.25, 0.3) is 0 Å². The number of hydrogen-bond acceptors (Lipinski definition) is 3. The predicted octanol–water partition coefficient (Wildman–Crippen LogP) is 0.482. The number of aliphatic hydroxyl groups excluding tert-OH is 2. The molecular formula is C14H23NO3. The van der Waals surface area contributed by atoms with E-state index in [1.807, 2.05) is 4.90 Å². The third-order valence-corrected chi connectivity index (χ3v) is 5.46. The van der Waals surface area contributed by atoms with Gasteiger partial charge in [-0.3, -0.25) is 4.79 Å². The van der Waals surface area contributed by atoms with Crippen molar-refractivity contribution < 1.29 is 15.0 Å². The van der Waals surface area contributed by atoms with Gasteiger partial charge >= 0.3 is 0 Å². The number of aliphatic hydroxyl groups is 2. The van der Waals surface area contributed by atoms with Crippen molar-refractivity contribution in [3.63, 3.8) is 0 Å². The predicted molar refractivity (Wildman–Crippen MR) is 66.7 cm³/mol. The minimum absolute atomic E-state index is 0.151. The second-order valence-electron chi connectivity index (χ2n) is 6.32. The number of rotatable bonds is 3. The van der Waals surface area contributed by atoms with Crippen LogP contribution in [0.5, 0.6) is 0 Å². The summed E-state index contributed by atoms with van der Waals surface area (Å²) in [6.45, 7) is 1.99. The molecule has 3 fully saturated rings. The maximum absolute atomic E-state index is 12.2. The van der Waals surface area contributed by atoms with Gasteiger partial charge in [-0.25, -0.2) is 0 Å². The van der Waals surface area contributed by atoms with Gasteiger partial charge in [0, 0.05) is 32.2 Å². The van der Waals surface area contributed by atoms with Crippen molar-refractivity contribution in [1.82, 2.24) is 4.90 Å². The molecule has 2 aliphatic carbocycles. The summed E-state index contributed by atoms with van der Waals surface area (Å²) in [5.41, 5.74) is 0. The highest BCUT2D eigenvalue weighted by Crippen LogP contribution is 2.46. The minimum Gasteiger partial charge on any atom is -0.396 e. The number of likely N-dealkylation sites (tertiary alicyclic amines) is 1. The molecule has 1 amide bonds. The zero-order chi connectivity index (χ0) is 12.7. The van der Waals surface area contributed by atoms with E-state index in [-0.39, 0.29) is 31.0 Å². The number of amides is 1. The Labute approximate surface area is 108 Å². The monoisotopic (exact) mass is 253 g/mol. The van der Waals surface area contributed by atoms with Crippen molar-refractivity contribution in [2.24, 2.45) is 29.6 Å². The summed E-state index contributed by atoms with van der Waals surface area (Å²) in [4.78, 5) is 14.2. The van der Waals surface area contributed by atoms with Gasteiger partial charge in [-0.2, -0.15) is 0 Å². The van der Waals surface area contributed by atoms with Crippen molar-refractivity contribution in [1.29, 1.82) is 0 Å². The van der Waals surface area contributed by atoms with Gasteiger partial charge in [0.2, 0.25) is 5.91 Å². The van der Waals surface area contributed by atoms with E-state index in [1.165, 1.54) is 6.42 Å². The molecule has 0 aromatic heterocycles. The van der Waals surface area contributed by atoms with E-state index in [2.05, 4.69) is 0 Å². The van der Waals surface area contributed by atoms with E-state index < -0.39 is 0 Å². The summed E-state index contributed by atoms with van der Waals surface area (Å²) in [6, 6.07) is 0. The van der Waals surface area contributed by atoms with Gasteiger partial charge < -0.3 is 15.1 Å². The highest BCUT2D eigenvalue weighted by atomic mass is 16.3. The highest BCUT2D eigenvalue weighted by molar-refractivity contribution is 5.79. The second-order valence-corrected chi connectivity index (χ2v) is 6.32. The minimum atomic E-state index is 0.151. The third-order valence-electron chi connectivity index (χ3n) is 5.46. The summed E-state index contributed by atoms with van der Waals surface area (Å²) >= 11 is 0. The Morgan fingerprint density at radius 1 is 1.17 bits per heavy atom. The van der Waals surface area contributed by atoms with Gasteiger partial charge in [0.15, 0.2) is 0 Å². The molecule has 2 saturated carbocycles. The Morgan fingerprint density at radius 2 is 1.94 bits per heavy atom. The molecule has 4 atom stereocenters. The van der Waals surface area contributed by atoms with Crippen molar-refractivity contribution >= 4 is 5.91 Å². The standard InChI is InChI=1S/C14H23NO3/c16-7-11-4-10-5-15(6-12(10)13(11)8-17)14(18)9-2-1-3-9/h9-13,16-17H,1-8H2/t10-,11+,12+,13-/m0/s1. The van der Waals surface area contributed by atoms with Gasteiger partial charge in [-0.05, 0) is 42.9 Å². The molecule has 1 aliphatic heterocycles. The molecule has 3 aliphatic rings. The Morgan fingerprint density at radius 3 is 2.50 bits per heavy atom. The summed E-state index contributed by atoms with van der Waals surface area (Å²) in [6.07, 6.45) is 4.30. The molecule has 1 heterocycles. The van der Waals surface area contributed by atoms with Crippen LogP contribution >= 0.6 is 0 Å². The number of nitrogens with zero attached hydrogens (tertiary/aromatic N) is 1. The summed E-state index contributed by atoms with van der Waals surface area (Å²) in [5.74, 6) is 1.97. The average molecular weight is 253 g/mol. The molecule has 0 spiro atoms. The lowest BCUT2D eigenvalue weighted by Crippen LogP contribution is -2.39. The van der Waals surface area contributed by atoms with Crippen LogP contribution in [-0.4, -0.2) is 47.3 Å². The van der Waals surface area contributed by atoms with E-state index in [9.17, 15) is 15.0 Å². The van der Waals surface area contributed by atoms with Gasteiger partial charge in [-0.15, -0.1) is 0 Å². The molecule has 18 heavy (non-hydrogen) atoms. The molecule has 4 nitrogen and oxygen atoms in total. The van der Waals surface area contributed by atoms with Crippen LogP contribution < -0.4 is 0 Å². The van der Waals surface area contributed by atoms with Crippen molar-refractivity contribution in [2.75, 3.05) is 26.3 Å². The van der Waals surface area contributed by atoms with Crippen LogP contribution in [0.3, 0.4) is 0 Å². The maximum Gasteiger partial charge on any atom is 0.225 e. The van der Waals surface area contributed by atoms with Crippen molar-refractivity contribution in [2.45, 2.75) is 25.7 Å². The average Bonchev–Trinajstić information content (AvgIpc) is 2.82. The Balaban J connectivity index is 1.64. The molecular weight excluding hydrogens is 230 g/mol. The first-order chi connectivity index (χ1) is 8.74. The molecule has 2 N–H and O–H groups in total. The summed E-state index contributed by atoms with van der Waals surface area (Å²) < 4.78 is 0. The molecule has 1 saturated heterocycles. The molecule has 102 valence electrons. The van der Waals surface area contributed by atoms with E-state index in [0.717, 1.165) is 32.4 Å². The number of fused-ring (bicyclic) bond motifs is 1. The van der Waals surface area contributed by atoms with Crippen molar-refractivity contribution in [3.05, 3.63) is 0 Å². The van der Waals surface area contributed by atoms with Crippen LogP contribution in [0.1, 0.15) is 25.7 Å². The fourth-order valence-electron chi connectivity index (χ4n) is 4.13. The number of carbonyl (C=O) groups is 1. The molecule has 0 aromatic rings. The zero-order valence-electron chi connectivity index (χ0n) is 10.8. The SMILES string of the molecule is O=C(C1CCC1)N1C[C@@H]2C[C@H](CO)[C@H](CO)[C@@H]2C1. The van der Waals surface area contributed by atoms with Crippen LogP contribution in [0.2, 0.25) is 0 Å². The van der Waals surface area contributed by atoms with E-state index >= 15 is 0 Å². The van der Waals surface area contributed by atoms with E-state index in [0.29, 0.717) is 17.7 Å². The van der Waals surface area contributed by atoms with Crippen LogP contribution in [0, 0.1) is 29.6 Å². The Bertz CT molecular complexity index is 329. The second kappa shape index (κ2) is 4.82. The van der Waals surface area contributed by atoms with Crippen LogP contribution in [0.25, 0.3) is 0 Å². The Hall–Kier alpha value is -0.610. The van der Waals surface area contributed by atoms with Crippen molar-refractivity contribution in [3.8, 4) is 0 Å². The molecule has 0 aromatic carbocycles. The quantitative estimate of drug-likeness (QED) is 0.769. The van der Waals surface area contributed by atoms with Gasteiger partial charge in [0.05, 0.1) is 0 Å². The fourth-order valence-corrected chi connectivity index (χ4v) is 4.13. The van der Waals surface area contributed by atoms with Gasteiger partial charge in [-0.1, -0.05) is 6.42 Å². The van der Waals surface area contributed by atoms with E-state index in [1.54, 1.807) is 0 Å². The highest BCUT2D eigenvalue weighted by Gasteiger charge is 2.49. The van der Waals surface area contributed by atoms with Crippen LogP contribution in [0.4, 0.5) is 0 Å². The molecule has 4 heteroatoms. The first-order valence-electron chi connectivity index (χ1n) is 7.25. The lowest BCUT2D eigenvalue weighted by Gasteiger charge is -2.30. The molecule has 0 radical (unpaired) electrons. The lowest BCUT2D eigenvalue weighted by molar-refractivity contribution is -0.137. The molecule has 3 rings (SSSR count). The first kappa shape index (κ1) is 12.4. The normalized spacial score (nSPS) is 39.8. The van der Waals surface area contributed by atoms with Crippen LogP contribution in [0.15, 0.2) is 0 Å². The largest absolute Gasteiger partial charge is 0.396 e. The zero-order valence-corrected chi connectivity index (χ0v) is 10.8. The topological polar surface area (TPSA) is 60.8 Å². The van der Waals surface area contributed by atoms with Gasteiger partial charge in [0.1, 0.15) is 0 Å². The smallest absolute Gasteiger partial charge is 0.225 e. The summed E-state index contributed by atoms with van der Waals surface area (Å²) in [7, 11) is 0. The van der Waals surface area contributed by atoms with Crippen LogP contribution in [-0.2, 0) is 4.79 Å². The fraction of sp³-hybridized carbons (Fsp3) is 0.929. The molecule has 0 unspecified atom stereocenters. The molecule has 0 bridgehead atoms. The van der Waals surface area contributed by atoms with E-state index in [4.69, 9.17) is 0 Å². The first-order valence-corrected chi connectivity index (χ1v) is 7.25. The third kappa shape index (κ3) is 1.86. The Kier molecular flexibility index (Phi) is 3.32. The number of carbonyl (C=O) groups excluding carboxylic acids is 1. The maximum atomic E-state index is 12.2. The number of hydrogen-bond donors (Lipinski definition) is 2. The lowest BCUT2D eigenvalue weighted by atomic mass is 9.84. The summed E-state index contributed by atoms with van der Waals surface area (Å²) in [5, 5.41) is 18.8.